The maximum absolute atomic E-state index is 12.7. The first-order valence-corrected chi connectivity index (χ1v) is 13.1. The monoisotopic (exact) mass is 463 g/mol. The predicted octanol–water partition coefficient (Wildman–Crippen LogP) is 2.87. The van der Waals surface area contributed by atoms with Crippen molar-refractivity contribution < 1.29 is 31.8 Å². The molecule has 0 aromatic heterocycles. The van der Waals surface area contributed by atoms with Gasteiger partial charge in [0.2, 0.25) is 5.91 Å². The smallest absolute Gasteiger partial charge is 0.311 e. The molecule has 2 atom stereocenters. The van der Waals surface area contributed by atoms with Gasteiger partial charge in [-0.2, -0.15) is 8.42 Å². The third kappa shape index (κ3) is 10.3. The highest BCUT2D eigenvalue weighted by Gasteiger charge is 2.33. The van der Waals surface area contributed by atoms with Crippen LogP contribution in [0.3, 0.4) is 0 Å². The molecule has 1 fully saturated rings. The maximum Gasteiger partial charge on any atom is 0.311 e. The number of esters is 1. The Morgan fingerprint density at radius 1 is 1.26 bits per heavy atom. The molecule has 0 saturated carbocycles. The summed E-state index contributed by atoms with van der Waals surface area (Å²) in [4.78, 5) is 26.5. The van der Waals surface area contributed by atoms with Crippen LogP contribution < -0.4 is 0 Å². The van der Waals surface area contributed by atoms with Crippen LogP contribution >= 0.6 is 0 Å². The molecule has 0 aromatic rings. The molecular formula is C22H43N2O6S+. The average Bonchev–Trinajstić information content (AvgIpc) is 3.09. The third-order valence-electron chi connectivity index (χ3n) is 6.61. The van der Waals surface area contributed by atoms with Gasteiger partial charge >= 0.3 is 5.97 Å². The van der Waals surface area contributed by atoms with Gasteiger partial charge in [-0.3, -0.25) is 14.1 Å². The lowest BCUT2D eigenvalue weighted by molar-refractivity contribution is -0.890. The van der Waals surface area contributed by atoms with Gasteiger partial charge in [0.1, 0.15) is 13.2 Å². The lowest BCUT2D eigenvalue weighted by Gasteiger charge is -2.31. The second kappa shape index (κ2) is 12.2. The van der Waals surface area contributed by atoms with E-state index in [4.69, 9.17) is 9.29 Å². The first kappa shape index (κ1) is 27.8. The van der Waals surface area contributed by atoms with Gasteiger partial charge in [0.05, 0.1) is 31.8 Å². The summed E-state index contributed by atoms with van der Waals surface area (Å²) in [7, 11) is -0.0472. The standard InChI is InChI=1S/C22H42N2O6S/c1-6-22(3,13-8-7-11-19(2)23-14-9-12-20(23)25)21(26)30-17-16-24(4,5)15-10-18-31(27,28)29/h19H,6-18H2,1-5H3/p+1. The molecule has 31 heavy (non-hydrogen) atoms. The molecule has 8 nitrogen and oxygen atoms in total. The number of carbonyl (C=O) groups is 2. The highest BCUT2D eigenvalue weighted by molar-refractivity contribution is 7.85. The molecule has 0 bridgehead atoms. The minimum atomic E-state index is -3.94. The summed E-state index contributed by atoms with van der Waals surface area (Å²) >= 11 is 0. The van der Waals surface area contributed by atoms with Crippen LogP contribution in [0, 0.1) is 5.41 Å². The minimum absolute atomic E-state index is 0.185. The fourth-order valence-electron chi connectivity index (χ4n) is 4.02. The maximum atomic E-state index is 12.7. The first-order valence-electron chi connectivity index (χ1n) is 11.5. The van der Waals surface area contributed by atoms with Gasteiger partial charge in [0.15, 0.2) is 0 Å². The predicted molar refractivity (Wildman–Crippen MR) is 121 cm³/mol. The van der Waals surface area contributed by atoms with E-state index in [0.29, 0.717) is 36.8 Å². The second-order valence-electron chi connectivity index (χ2n) is 9.86. The molecule has 1 aliphatic heterocycles. The van der Waals surface area contributed by atoms with Crippen LogP contribution in [0.5, 0.6) is 0 Å². The van der Waals surface area contributed by atoms with E-state index >= 15 is 0 Å². The molecule has 0 aromatic carbocycles. The van der Waals surface area contributed by atoms with E-state index in [1.54, 1.807) is 0 Å². The Balaban J connectivity index is 2.35. The number of rotatable bonds is 15. The average molecular weight is 464 g/mol. The van der Waals surface area contributed by atoms with Crippen LogP contribution in [0.1, 0.15) is 72.1 Å². The van der Waals surface area contributed by atoms with Crippen molar-refractivity contribution in [3.8, 4) is 0 Å². The highest BCUT2D eigenvalue weighted by Crippen LogP contribution is 2.30. The zero-order valence-corrected chi connectivity index (χ0v) is 20.9. The molecule has 1 rings (SSSR count). The van der Waals surface area contributed by atoms with Crippen molar-refractivity contribution in [3.05, 3.63) is 0 Å². The number of carbonyl (C=O) groups excluding carboxylic acids is 2. The van der Waals surface area contributed by atoms with Gasteiger partial charge in [-0.1, -0.05) is 19.8 Å². The van der Waals surface area contributed by atoms with Crippen LogP contribution in [0.15, 0.2) is 0 Å². The Kier molecular flexibility index (Phi) is 10.9. The Morgan fingerprint density at radius 3 is 2.48 bits per heavy atom. The van der Waals surface area contributed by atoms with Crippen LogP contribution in [0.25, 0.3) is 0 Å². The number of quaternary nitrogens is 1. The van der Waals surface area contributed by atoms with Crippen LogP contribution in [-0.4, -0.2) is 86.4 Å². The largest absolute Gasteiger partial charge is 0.459 e. The number of hydrogen-bond donors (Lipinski definition) is 1. The highest BCUT2D eigenvalue weighted by atomic mass is 32.2. The Bertz CT molecular complexity index is 694. The van der Waals surface area contributed by atoms with Gasteiger partial charge < -0.3 is 14.1 Å². The van der Waals surface area contributed by atoms with E-state index < -0.39 is 15.5 Å². The van der Waals surface area contributed by atoms with E-state index in [2.05, 4.69) is 6.92 Å². The number of nitrogens with zero attached hydrogens (tertiary/aromatic N) is 2. The third-order valence-corrected chi connectivity index (χ3v) is 7.42. The summed E-state index contributed by atoms with van der Waals surface area (Å²) in [6, 6.07) is 0.260. The van der Waals surface area contributed by atoms with Crippen molar-refractivity contribution >= 4 is 22.0 Å². The number of unbranched alkanes of at least 4 members (excludes halogenated alkanes) is 1. The van der Waals surface area contributed by atoms with E-state index in [0.717, 1.165) is 38.6 Å². The molecule has 2 unspecified atom stereocenters. The molecule has 1 aliphatic rings. The van der Waals surface area contributed by atoms with E-state index in [1.807, 2.05) is 32.8 Å². The number of likely N-dealkylation sites (N-methyl/N-ethyl adjacent to an activating group) is 1. The van der Waals surface area contributed by atoms with Crippen LogP contribution in [0.4, 0.5) is 0 Å². The Morgan fingerprint density at radius 2 is 1.94 bits per heavy atom. The number of likely N-dealkylation sites (tertiary alicyclic amines) is 1. The summed E-state index contributed by atoms with van der Waals surface area (Å²) in [5, 5.41) is 0. The van der Waals surface area contributed by atoms with Gasteiger partial charge in [-0.15, -0.1) is 0 Å². The van der Waals surface area contributed by atoms with Gasteiger partial charge in [0, 0.05) is 25.4 Å². The molecule has 1 amide bonds. The summed E-state index contributed by atoms with van der Waals surface area (Å²) in [6.07, 6.45) is 6.30. The fraction of sp³-hybridized carbons (Fsp3) is 0.909. The summed E-state index contributed by atoms with van der Waals surface area (Å²) < 4.78 is 36.6. The Hall–Kier alpha value is -1.19. The molecule has 182 valence electrons. The molecule has 0 spiro atoms. The zero-order chi connectivity index (χ0) is 23.7. The first-order chi connectivity index (χ1) is 14.3. The lowest BCUT2D eigenvalue weighted by atomic mass is 9.82. The van der Waals surface area contributed by atoms with Crippen molar-refractivity contribution in [2.24, 2.45) is 5.41 Å². The number of amides is 1. The van der Waals surface area contributed by atoms with Crippen LogP contribution in [-0.2, 0) is 24.4 Å². The van der Waals surface area contributed by atoms with Crippen molar-refractivity contribution in [1.29, 1.82) is 0 Å². The molecule has 1 heterocycles. The Labute approximate surface area is 188 Å². The lowest BCUT2D eigenvalue weighted by Crippen LogP contribution is -2.44. The van der Waals surface area contributed by atoms with Crippen molar-refractivity contribution in [2.45, 2.75) is 78.2 Å². The molecular weight excluding hydrogens is 420 g/mol. The summed E-state index contributed by atoms with van der Waals surface area (Å²) in [5.74, 6) is -0.183. The molecule has 0 radical (unpaired) electrons. The normalized spacial score (nSPS) is 18.1. The van der Waals surface area contributed by atoms with Gasteiger partial charge in [0.25, 0.3) is 10.1 Å². The fourth-order valence-corrected chi connectivity index (χ4v) is 4.51. The van der Waals surface area contributed by atoms with E-state index in [1.165, 1.54) is 0 Å². The minimum Gasteiger partial charge on any atom is -0.459 e. The van der Waals surface area contributed by atoms with Crippen LogP contribution in [0.2, 0.25) is 0 Å². The SMILES string of the molecule is CCC(C)(CCCCC(C)N1CCCC1=O)C(=O)OCC[N+](C)(C)CCCS(=O)(=O)O. The van der Waals surface area contributed by atoms with E-state index in [9.17, 15) is 18.0 Å². The van der Waals surface area contributed by atoms with Gasteiger partial charge in [-0.05, 0) is 39.5 Å². The topological polar surface area (TPSA) is 101 Å². The molecule has 1 saturated heterocycles. The van der Waals surface area contributed by atoms with Crippen molar-refractivity contribution in [2.75, 3.05) is 46.1 Å². The van der Waals surface area contributed by atoms with E-state index in [-0.39, 0.29) is 30.3 Å². The number of hydrogen-bond acceptors (Lipinski definition) is 5. The van der Waals surface area contributed by atoms with Gasteiger partial charge in [-0.25, -0.2) is 0 Å². The zero-order valence-electron chi connectivity index (χ0n) is 20.1. The molecule has 1 N–H and O–H groups in total. The van der Waals surface area contributed by atoms with Crippen molar-refractivity contribution in [3.63, 3.8) is 0 Å². The van der Waals surface area contributed by atoms with Crippen molar-refractivity contribution in [1.82, 2.24) is 4.90 Å². The number of ether oxygens (including phenoxy) is 1. The molecule has 9 heteroatoms. The molecule has 0 aliphatic carbocycles. The summed E-state index contributed by atoms with van der Waals surface area (Å²) in [6.45, 7) is 8.35. The quantitative estimate of drug-likeness (QED) is 0.173. The summed E-state index contributed by atoms with van der Waals surface area (Å²) in [5.41, 5.74) is -0.519. The second-order valence-corrected chi connectivity index (χ2v) is 11.4.